The van der Waals surface area contributed by atoms with Crippen molar-refractivity contribution in [3.63, 3.8) is 0 Å². The van der Waals surface area contributed by atoms with Gasteiger partial charge in [0.25, 0.3) is 11.5 Å². The van der Waals surface area contributed by atoms with Crippen LogP contribution in [-0.2, 0) is 20.6 Å². The first kappa shape index (κ1) is 46.7. The number of aryl methyl sites for hydroxylation is 1. The van der Waals surface area contributed by atoms with E-state index in [0.717, 1.165) is 40.8 Å². The number of benzene rings is 2. The van der Waals surface area contributed by atoms with Gasteiger partial charge in [-0.15, -0.1) is 0 Å². The summed E-state index contributed by atoms with van der Waals surface area (Å²) in [6.45, 7) is 18.2. The molecule has 2 N–H and O–H groups in total. The third-order valence-corrected chi connectivity index (χ3v) is 8.68. The molecule has 1 amide bonds. The number of carbonyl (C=O) groups is 1. The molecule has 2 aromatic heterocycles. The number of hydrogen-bond acceptors (Lipinski definition) is 8. The van der Waals surface area contributed by atoms with E-state index in [0.29, 0.717) is 49.5 Å². The van der Waals surface area contributed by atoms with Crippen LogP contribution in [0.2, 0.25) is 0 Å². The number of likely N-dealkylation sites (N-methyl/N-ethyl adjacent to an activating group) is 1. The molecule has 4 aromatic rings. The summed E-state index contributed by atoms with van der Waals surface area (Å²) in [6, 6.07) is 15.1. The Kier molecular flexibility index (Phi) is 21.2. The fourth-order valence-corrected chi connectivity index (χ4v) is 6.19. The number of fused-ring (bicyclic) bond motifs is 2. The number of rotatable bonds is 9. The van der Waals surface area contributed by atoms with E-state index in [1.165, 1.54) is 25.3 Å². The van der Waals surface area contributed by atoms with Crippen molar-refractivity contribution < 1.29 is 29.8 Å². The summed E-state index contributed by atoms with van der Waals surface area (Å²) in [7, 11) is 4.51. The molecular formula is C41H59CrFN7O3-. The Bertz CT molecular complexity index is 1790. The van der Waals surface area contributed by atoms with Crippen molar-refractivity contribution in [1.82, 2.24) is 19.9 Å². The molecule has 6 rings (SSSR count). The van der Waals surface area contributed by atoms with E-state index in [9.17, 15) is 14.0 Å². The van der Waals surface area contributed by atoms with E-state index >= 15 is 0 Å². The molecule has 1 saturated carbocycles. The first-order chi connectivity index (χ1) is 25.2. The van der Waals surface area contributed by atoms with Crippen molar-refractivity contribution in [2.24, 2.45) is 5.92 Å². The van der Waals surface area contributed by atoms with Gasteiger partial charge in [-0.1, -0.05) is 46.4 Å². The minimum absolute atomic E-state index is 0. The van der Waals surface area contributed by atoms with Crippen molar-refractivity contribution in [3.05, 3.63) is 90.7 Å². The monoisotopic (exact) mass is 768 g/mol. The third kappa shape index (κ3) is 12.9. The number of aromatic amines is 1. The minimum Gasteiger partial charge on any atom is -0.358 e. The van der Waals surface area contributed by atoms with Gasteiger partial charge in [-0.3, -0.25) is 14.0 Å². The molecule has 0 spiro atoms. The molecule has 0 saturated heterocycles. The summed E-state index contributed by atoms with van der Waals surface area (Å²) in [5.41, 5.74) is 3.92. The Morgan fingerprint density at radius 1 is 1.09 bits per heavy atom. The molecule has 12 heteroatoms. The molecule has 53 heavy (non-hydrogen) atoms. The maximum absolute atomic E-state index is 13.2. The van der Waals surface area contributed by atoms with Crippen LogP contribution in [0.5, 0.6) is 5.75 Å². The van der Waals surface area contributed by atoms with Crippen LogP contribution in [0.1, 0.15) is 59.4 Å². The molecule has 0 atom stereocenters. The molecule has 0 radical (unpaired) electrons. The van der Waals surface area contributed by atoms with E-state index in [4.69, 9.17) is 4.74 Å². The number of ether oxygens (including phenoxy) is 1. The number of amides is 1. The zero-order valence-corrected chi connectivity index (χ0v) is 34.5. The minimum atomic E-state index is -0.276. The van der Waals surface area contributed by atoms with Crippen molar-refractivity contribution in [2.45, 2.75) is 60.8 Å². The largest absolute Gasteiger partial charge is 0.358 e. The predicted molar refractivity (Wildman–Crippen MR) is 219 cm³/mol. The van der Waals surface area contributed by atoms with Gasteiger partial charge in [0.15, 0.2) is 0 Å². The SMILES string of the molecule is C=CC(=O)N1CCN(c2cc3cnc(Nc4ccc(OCCN(C)C)cc4)nc3[nH]c2=O)c2cccc(C)c21.CC.CC.CCC1C[C](=[Cr])C1.CF.[CH3-]. The molecule has 0 bridgehead atoms. The number of halogens is 1. The van der Waals surface area contributed by atoms with Gasteiger partial charge in [0.1, 0.15) is 23.7 Å². The summed E-state index contributed by atoms with van der Waals surface area (Å²) < 4.78 is 16.8. The zero-order chi connectivity index (χ0) is 38.8. The van der Waals surface area contributed by atoms with Crippen LogP contribution in [-0.4, -0.2) is 77.7 Å². The van der Waals surface area contributed by atoms with Gasteiger partial charge in [-0.2, -0.15) is 4.98 Å². The number of hydrogen-bond donors (Lipinski definition) is 2. The van der Waals surface area contributed by atoms with Gasteiger partial charge in [0, 0.05) is 36.9 Å². The first-order valence-corrected chi connectivity index (χ1v) is 18.6. The Labute approximate surface area is 324 Å². The maximum atomic E-state index is 13.2. The average Bonchev–Trinajstić information content (AvgIpc) is 3.16. The molecule has 0 unspecified atom stereocenters. The summed E-state index contributed by atoms with van der Waals surface area (Å²) >= 11 is 3.06. The van der Waals surface area contributed by atoms with Gasteiger partial charge in [0.2, 0.25) is 5.95 Å². The maximum Gasteiger partial charge on any atom is 0.0785 e. The Hall–Kier alpha value is -4.37. The summed E-state index contributed by atoms with van der Waals surface area (Å²) in [5, 5.41) is 3.86. The number of alkyl halides is 1. The standard InChI is InChI=1S/C29H31N7O3.C6H10.2C2H6.CH3F.CH3.Cr/c1-5-25(37)36-14-13-35(23-8-6-7-19(2)26(23)36)24-17-20-18-30-29(33-27(20)32-28(24)38)31-21-9-11-22(12-10-21)39-16-15-34(3)4;1-2-6-4-3-5-6;3*1-2;;/h5-12,17-18H,1,13-16H2,2-4H3,(H2,30,31,32,33,38);6H,2,4-5H2,1H3;2*1-2H3;1H3;1H3;/q;;;;;-1;. The van der Waals surface area contributed by atoms with E-state index < -0.39 is 0 Å². The number of nitrogens with one attached hydrogen (secondary N) is 2. The first-order valence-electron chi connectivity index (χ1n) is 17.9. The van der Waals surface area contributed by atoms with E-state index in [2.05, 4.69) is 54.5 Å². The van der Waals surface area contributed by atoms with Crippen LogP contribution < -0.4 is 25.4 Å². The van der Waals surface area contributed by atoms with Crippen LogP contribution in [0.15, 0.2) is 72.2 Å². The van der Waals surface area contributed by atoms with Crippen LogP contribution in [0.4, 0.5) is 33.1 Å². The van der Waals surface area contributed by atoms with E-state index in [1.807, 2.05) is 96.1 Å². The fourth-order valence-electron chi connectivity index (χ4n) is 5.45. The number of para-hydroxylation sites is 1. The summed E-state index contributed by atoms with van der Waals surface area (Å²) in [4.78, 5) is 43.3. The molecule has 1 aliphatic heterocycles. The van der Waals surface area contributed by atoms with Crippen LogP contribution >= 0.6 is 0 Å². The predicted octanol–water partition coefficient (Wildman–Crippen LogP) is 8.60. The van der Waals surface area contributed by atoms with Crippen LogP contribution in [0.25, 0.3) is 11.0 Å². The van der Waals surface area contributed by atoms with Crippen molar-refractivity contribution in [2.75, 3.05) is 62.6 Å². The third-order valence-electron chi connectivity index (χ3n) is 8.16. The Morgan fingerprint density at radius 2 is 1.75 bits per heavy atom. The van der Waals surface area contributed by atoms with E-state index in [1.54, 1.807) is 21.5 Å². The van der Waals surface area contributed by atoms with Crippen molar-refractivity contribution >= 4 is 50.0 Å². The van der Waals surface area contributed by atoms with Crippen LogP contribution in [0, 0.1) is 20.3 Å². The number of nitrogens with zero attached hydrogens (tertiary/aromatic N) is 5. The van der Waals surface area contributed by atoms with Gasteiger partial charge in [-0.05, 0) is 69.1 Å². The van der Waals surface area contributed by atoms with E-state index in [-0.39, 0.29) is 18.9 Å². The van der Waals surface area contributed by atoms with Gasteiger partial charge < -0.3 is 37.2 Å². The topological polar surface area (TPSA) is 107 Å². The molecule has 1 aliphatic carbocycles. The van der Waals surface area contributed by atoms with Gasteiger partial charge >= 0.3 is 52.3 Å². The molecule has 3 heterocycles. The summed E-state index contributed by atoms with van der Waals surface area (Å²) in [6.07, 6.45) is 7.07. The van der Waals surface area contributed by atoms with Crippen LogP contribution in [0.3, 0.4) is 0 Å². The van der Waals surface area contributed by atoms with Crippen molar-refractivity contribution in [3.8, 4) is 5.75 Å². The molecule has 2 aromatic carbocycles. The average molecular weight is 769 g/mol. The molecule has 10 nitrogen and oxygen atoms in total. The zero-order valence-electron chi connectivity index (χ0n) is 33.3. The number of carbonyl (C=O) groups excluding carboxylic acids is 1. The molecule has 1 fully saturated rings. The number of H-pyrrole nitrogens is 1. The molecular weight excluding hydrogens is 709 g/mol. The number of anilines is 5. The molecule has 2 aliphatic rings. The summed E-state index contributed by atoms with van der Waals surface area (Å²) in [5.74, 6) is 2.00. The van der Waals surface area contributed by atoms with Gasteiger partial charge in [-0.25, -0.2) is 4.98 Å². The quantitative estimate of drug-likeness (QED) is 0.129. The molecule has 290 valence electrons. The second-order valence-corrected chi connectivity index (χ2v) is 12.7. The Morgan fingerprint density at radius 3 is 2.32 bits per heavy atom. The number of pyridine rings is 1. The second kappa shape index (κ2) is 24.0. The normalized spacial score (nSPS) is 12.8. The van der Waals surface area contributed by atoms with Crippen molar-refractivity contribution in [1.29, 1.82) is 0 Å². The smallest absolute Gasteiger partial charge is 0.0785 e. The van der Waals surface area contributed by atoms with Gasteiger partial charge in [0.05, 0.1) is 18.6 Å². The fraction of sp³-hybridized carbons (Fsp3) is 0.415. The number of aromatic nitrogens is 3. The Balaban J connectivity index is 0.000000870. The second-order valence-electron chi connectivity index (χ2n) is 11.8.